The standard InChI is InChI=1S/C14H19ClN2O/c1-10-3-2-4-11(7-10)8-17-14(18)12-5-6-16-9-13(12)15/h5-6,9-11H,2-4,7-8H2,1H3,(H,17,18). The second-order valence-corrected chi connectivity index (χ2v) is 5.61. The lowest BCUT2D eigenvalue weighted by Gasteiger charge is -2.26. The first kappa shape index (κ1) is 13.3. The van der Waals surface area contributed by atoms with Crippen molar-refractivity contribution in [1.82, 2.24) is 10.3 Å². The topological polar surface area (TPSA) is 42.0 Å². The monoisotopic (exact) mass is 266 g/mol. The molecular weight excluding hydrogens is 248 g/mol. The molecule has 1 aromatic heterocycles. The first-order valence-electron chi connectivity index (χ1n) is 6.54. The van der Waals surface area contributed by atoms with Gasteiger partial charge in [-0.15, -0.1) is 0 Å². The number of nitrogens with one attached hydrogen (secondary N) is 1. The van der Waals surface area contributed by atoms with E-state index >= 15 is 0 Å². The quantitative estimate of drug-likeness (QED) is 0.912. The number of hydrogen-bond donors (Lipinski definition) is 1. The number of carbonyl (C=O) groups excluding carboxylic acids is 1. The molecule has 4 heteroatoms. The van der Waals surface area contributed by atoms with Crippen LogP contribution >= 0.6 is 11.6 Å². The molecule has 0 bridgehead atoms. The number of halogens is 1. The van der Waals surface area contributed by atoms with E-state index < -0.39 is 0 Å². The Balaban J connectivity index is 1.87. The van der Waals surface area contributed by atoms with Gasteiger partial charge in [0.2, 0.25) is 0 Å². The van der Waals surface area contributed by atoms with Crippen molar-refractivity contribution >= 4 is 17.5 Å². The Morgan fingerprint density at radius 3 is 3.11 bits per heavy atom. The summed E-state index contributed by atoms with van der Waals surface area (Å²) in [5.41, 5.74) is 0.510. The Morgan fingerprint density at radius 1 is 1.56 bits per heavy atom. The lowest BCUT2D eigenvalue weighted by atomic mass is 9.82. The largest absolute Gasteiger partial charge is 0.352 e. The van der Waals surface area contributed by atoms with Crippen LogP contribution in [0.4, 0.5) is 0 Å². The minimum atomic E-state index is -0.0966. The molecule has 2 unspecified atom stereocenters. The molecule has 0 aliphatic heterocycles. The van der Waals surface area contributed by atoms with Crippen LogP contribution in [-0.4, -0.2) is 17.4 Å². The van der Waals surface area contributed by atoms with Crippen LogP contribution in [-0.2, 0) is 0 Å². The fraction of sp³-hybridized carbons (Fsp3) is 0.571. The molecular formula is C14H19ClN2O. The van der Waals surface area contributed by atoms with Gasteiger partial charge in [-0.25, -0.2) is 0 Å². The molecule has 1 heterocycles. The molecule has 2 atom stereocenters. The molecule has 98 valence electrons. The average Bonchev–Trinajstić information content (AvgIpc) is 2.37. The smallest absolute Gasteiger partial charge is 0.252 e. The zero-order valence-electron chi connectivity index (χ0n) is 10.7. The van der Waals surface area contributed by atoms with Crippen LogP contribution in [0, 0.1) is 11.8 Å². The summed E-state index contributed by atoms with van der Waals surface area (Å²) < 4.78 is 0. The summed E-state index contributed by atoms with van der Waals surface area (Å²) in [7, 11) is 0. The number of pyridine rings is 1. The molecule has 0 radical (unpaired) electrons. The van der Waals surface area contributed by atoms with E-state index in [1.165, 1.54) is 31.9 Å². The number of aromatic nitrogens is 1. The fourth-order valence-corrected chi connectivity index (χ4v) is 2.84. The molecule has 1 amide bonds. The maximum absolute atomic E-state index is 12.0. The number of rotatable bonds is 3. The van der Waals surface area contributed by atoms with Gasteiger partial charge in [0.1, 0.15) is 0 Å². The number of amides is 1. The van der Waals surface area contributed by atoms with E-state index in [1.54, 1.807) is 12.3 Å². The summed E-state index contributed by atoms with van der Waals surface area (Å²) in [6.07, 6.45) is 8.11. The summed E-state index contributed by atoms with van der Waals surface area (Å²) in [5.74, 6) is 1.30. The summed E-state index contributed by atoms with van der Waals surface area (Å²) in [5, 5.41) is 3.39. The van der Waals surface area contributed by atoms with Gasteiger partial charge in [0.25, 0.3) is 5.91 Å². The molecule has 0 spiro atoms. The lowest BCUT2D eigenvalue weighted by Crippen LogP contribution is -2.31. The van der Waals surface area contributed by atoms with Crippen molar-refractivity contribution in [2.45, 2.75) is 32.6 Å². The van der Waals surface area contributed by atoms with E-state index in [9.17, 15) is 4.79 Å². The predicted octanol–water partition coefficient (Wildman–Crippen LogP) is 3.29. The highest BCUT2D eigenvalue weighted by Gasteiger charge is 2.19. The van der Waals surface area contributed by atoms with Gasteiger partial charge in [0.05, 0.1) is 10.6 Å². The Kier molecular flexibility index (Phi) is 4.59. The van der Waals surface area contributed by atoms with Gasteiger partial charge in [0, 0.05) is 18.9 Å². The Bertz CT molecular complexity index is 422. The van der Waals surface area contributed by atoms with Crippen LogP contribution in [0.5, 0.6) is 0 Å². The van der Waals surface area contributed by atoms with Gasteiger partial charge in [-0.3, -0.25) is 9.78 Å². The highest BCUT2D eigenvalue weighted by atomic mass is 35.5. The Morgan fingerprint density at radius 2 is 2.39 bits per heavy atom. The third kappa shape index (κ3) is 3.45. The number of nitrogens with zero attached hydrogens (tertiary/aromatic N) is 1. The zero-order valence-corrected chi connectivity index (χ0v) is 11.4. The normalized spacial score (nSPS) is 23.7. The minimum Gasteiger partial charge on any atom is -0.352 e. The van der Waals surface area contributed by atoms with E-state index in [4.69, 9.17) is 11.6 Å². The van der Waals surface area contributed by atoms with Crippen LogP contribution in [0.1, 0.15) is 43.0 Å². The highest BCUT2D eigenvalue weighted by molar-refractivity contribution is 6.33. The molecule has 1 aliphatic carbocycles. The first-order chi connectivity index (χ1) is 8.66. The third-order valence-electron chi connectivity index (χ3n) is 3.61. The van der Waals surface area contributed by atoms with Gasteiger partial charge in [0.15, 0.2) is 0 Å². The van der Waals surface area contributed by atoms with E-state index in [1.807, 2.05) is 0 Å². The molecule has 2 rings (SSSR count). The second kappa shape index (κ2) is 6.19. The molecule has 18 heavy (non-hydrogen) atoms. The van der Waals surface area contributed by atoms with E-state index in [0.717, 1.165) is 12.5 Å². The molecule has 1 fully saturated rings. The van der Waals surface area contributed by atoms with Crippen LogP contribution in [0.2, 0.25) is 5.02 Å². The molecule has 1 N–H and O–H groups in total. The molecule has 1 saturated carbocycles. The van der Waals surface area contributed by atoms with E-state index in [0.29, 0.717) is 16.5 Å². The average molecular weight is 267 g/mol. The van der Waals surface area contributed by atoms with Crippen molar-refractivity contribution in [3.63, 3.8) is 0 Å². The number of carbonyl (C=O) groups is 1. The summed E-state index contributed by atoms with van der Waals surface area (Å²) >= 11 is 5.94. The maximum Gasteiger partial charge on any atom is 0.252 e. The SMILES string of the molecule is CC1CCCC(CNC(=O)c2ccncc2Cl)C1. The predicted molar refractivity (Wildman–Crippen MR) is 72.7 cm³/mol. The van der Waals surface area contributed by atoms with Gasteiger partial charge in [-0.2, -0.15) is 0 Å². The second-order valence-electron chi connectivity index (χ2n) is 5.20. The lowest BCUT2D eigenvalue weighted by molar-refractivity contribution is 0.0940. The van der Waals surface area contributed by atoms with Crippen LogP contribution in [0.3, 0.4) is 0 Å². The van der Waals surface area contributed by atoms with Crippen molar-refractivity contribution in [3.8, 4) is 0 Å². The highest BCUT2D eigenvalue weighted by Crippen LogP contribution is 2.28. The summed E-state index contributed by atoms with van der Waals surface area (Å²) in [6.45, 7) is 3.04. The zero-order chi connectivity index (χ0) is 13.0. The van der Waals surface area contributed by atoms with Gasteiger partial charge >= 0.3 is 0 Å². The van der Waals surface area contributed by atoms with Crippen molar-refractivity contribution in [2.75, 3.05) is 6.54 Å². The van der Waals surface area contributed by atoms with Crippen molar-refractivity contribution < 1.29 is 4.79 Å². The molecule has 0 aromatic carbocycles. The number of hydrogen-bond acceptors (Lipinski definition) is 2. The fourth-order valence-electron chi connectivity index (χ4n) is 2.64. The van der Waals surface area contributed by atoms with Gasteiger partial charge in [-0.1, -0.05) is 31.4 Å². The molecule has 0 saturated heterocycles. The van der Waals surface area contributed by atoms with E-state index in [2.05, 4.69) is 17.2 Å². The van der Waals surface area contributed by atoms with E-state index in [-0.39, 0.29) is 5.91 Å². The third-order valence-corrected chi connectivity index (χ3v) is 3.91. The van der Waals surface area contributed by atoms with Crippen molar-refractivity contribution in [1.29, 1.82) is 0 Å². The van der Waals surface area contributed by atoms with Crippen LogP contribution in [0.15, 0.2) is 18.5 Å². The molecule has 3 nitrogen and oxygen atoms in total. The van der Waals surface area contributed by atoms with Gasteiger partial charge in [-0.05, 0) is 30.7 Å². The van der Waals surface area contributed by atoms with Crippen molar-refractivity contribution in [3.05, 3.63) is 29.0 Å². The summed E-state index contributed by atoms with van der Waals surface area (Å²) in [6, 6.07) is 1.65. The maximum atomic E-state index is 12.0. The Hall–Kier alpha value is -1.09. The molecule has 1 aromatic rings. The molecule has 1 aliphatic rings. The Labute approximate surface area is 113 Å². The first-order valence-corrected chi connectivity index (χ1v) is 6.92. The summed E-state index contributed by atoms with van der Waals surface area (Å²) in [4.78, 5) is 15.8. The van der Waals surface area contributed by atoms with Crippen LogP contribution in [0.25, 0.3) is 0 Å². The minimum absolute atomic E-state index is 0.0966. The van der Waals surface area contributed by atoms with Crippen molar-refractivity contribution in [2.24, 2.45) is 11.8 Å². The van der Waals surface area contributed by atoms with Crippen LogP contribution < -0.4 is 5.32 Å². The van der Waals surface area contributed by atoms with Gasteiger partial charge < -0.3 is 5.32 Å².